The van der Waals surface area contributed by atoms with Gasteiger partial charge in [-0.3, -0.25) is 9.88 Å². The van der Waals surface area contributed by atoms with Gasteiger partial charge in [0, 0.05) is 56.6 Å². The van der Waals surface area contributed by atoms with E-state index in [1.54, 1.807) is 36.1 Å². The second-order valence-corrected chi connectivity index (χ2v) is 7.59. The molecule has 0 saturated carbocycles. The van der Waals surface area contributed by atoms with E-state index < -0.39 is 11.3 Å². The lowest BCUT2D eigenvalue weighted by Crippen LogP contribution is -2.56. The third kappa shape index (κ3) is 2.77. The van der Waals surface area contributed by atoms with Crippen LogP contribution in [0.25, 0.3) is 0 Å². The van der Waals surface area contributed by atoms with Crippen LogP contribution in [0.15, 0.2) is 30.2 Å². The van der Waals surface area contributed by atoms with E-state index in [1.165, 1.54) is 0 Å². The Morgan fingerprint density at radius 2 is 2.00 bits per heavy atom. The van der Waals surface area contributed by atoms with Crippen molar-refractivity contribution in [1.29, 1.82) is 0 Å². The van der Waals surface area contributed by atoms with Crippen LogP contribution in [0.2, 0.25) is 0 Å². The number of halogens is 2. The van der Waals surface area contributed by atoms with Crippen molar-refractivity contribution in [2.75, 3.05) is 31.1 Å². The number of hydrogen-bond donors (Lipinski definition) is 0. The topological polar surface area (TPSA) is 45.2 Å². The Bertz CT molecular complexity index is 681. The smallest absolute Gasteiger partial charge is 0.257 e. The molecule has 4 heterocycles. The van der Waals surface area contributed by atoms with Crippen LogP contribution >= 0.6 is 11.3 Å². The van der Waals surface area contributed by atoms with Gasteiger partial charge in [-0.2, -0.15) is 0 Å². The van der Waals surface area contributed by atoms with Crippen molar-refractivity contribution < 1.29 is 8.78 Å². The number of hydrogen-bond acceptors (Lipinski definition) is 6. The van der Waals surface area contributed by atoms with E-state index in [1.807, 2.05) is 10.3 Å². The highest BCUT2D eigenvalue weighted by Crippen LogP contribution is 2.50. The van der Waals surface area contributed by atoms with Crippen molar-refractivity contribution in [2.24, 2.45) is 5.41 Å². The molecule has 0 amide bonds. The van der Waals surface area contributed by atoms with Gasteiger partial charge in [0.05, 0.1) is 18.2 Å². The molecule has 0 N–H and O–H groups in total. The summed E-state index contributed by atoms with van der Waals surface area (Å²) in [6.07, 6.45) is 7.00. The first-order valence-electron chi connectivity index (χ1n) is 8.08. The molecule has 2 saturated heterocycles. The molecule has 2 aliphatic heterocycles. The minimum absolute atomic E-state index is 0.0906. The predicted molar refractivity (Wildman–Crippen MR) is 88.3 cm³/mol. The molecule has 128 valence electrons. The first kappa shape index (κ1) is 15.8. The van der Waals surface area contributed by atoms with Gasteiger partial charge in [-0.25, -0.2) is 18.7 Å². The Hall–Kier alpha value is -1.67. The van der Waals surface area contributed by atoms with Crippen LogP contribution in [0, 0.1) is 5.41 Å². The summed E-state index contributed by atoms with van der Waals surface area (Å²) in [5, 5.41) is 2.91. The number of alkyl halides is 2. The van der Waals surface area contributed by atoms with Crippen LogP contribution in [0.3, 0.4) is 0 Å². The molecule has 2 aliphatic rings. The van der Waals surface area contributed by atoms with E-state index >= 15 is 0 Å². The molecule has 0 radical (unpaired) electrons. The van der Waals surface area contributed by atoms with Gasteiger partial charge in [-0.15, -0.1) is 11.3 Å². The lowest BCUT2D eigenvalue weighted by Gasteiger charge is -2.45. The number of piperidine rings is 1. The zero-order chi connectivity index (χ0) is 16.6. The SMILES string of the molecule is FC1(F)CCN(Cc2nccs2)CC12CCN(c1cnccn1)C2. The third-order valence-electron chi connectivity index (χ3n) is 5.11. The van der Waals surface area contributed by atoms with Crippen LogP contribution in [0.1, 0.15) is 17.8 Å². The van der Waals surface area contributed by atoms with Gasteiger partial charge < -0.3 is 4.90 Å². The molecule has 4 rings (SSSR count). The Balaban J connectivity index is 1.53. The van der Waals surface area contributed by atoms with Gasteiger partial charge in [-0.1, -0.05) is 0 Å². The average molecular weight is 351 g/mol. The van der Waals surface area contributed by atoms with Crippen molar-refractivity contribution in [1.82, 2.24) is 19.9 Å². The summed E-state index contributed by atoms with van der Waals surface area (Å²) in [5.41, 5.74) is -1.01. The summed E-state index contributed by atoms with van der Waals surface area (Å²) in [6.45, 7) is 2.39. The zero-order valence-corrected chi connectivity index (χ0v) is 14.1. The van der Waals surface area contributed by atoms with E-state index in [0.29, 0.717) is 45.0 Å². The molecule has 1 unspecified atom stereocenters. The summed E-state index contributed by atoms with van der Waals surface area (Å²) >= 11 is 1.58. The molecular formula is C16H19F2N5S. The standard InChI is InChI=1S/C16H19F2N5S/c17-16(18)2-6-22(10-14-21-5-8-24-14)11-15(16)1-7-23(12-15)13-9-19-3-4-20-13/h3-5,8-9H,1-2,6-7,10-12H2. The van der Waals surface area contributed by atoms with E-state index in [-0.39, 0.29) is 6.42 Å². The fourth-order valence-corrected chi connectivity index (χ4v) is 4.45. The monoisotopic (exact) mass is 351 g/mol. The van der Waals surface area contributed by atoms with Crippen LogP contribution in [-0.4, -0.2) is 52.0 Å². The number of nitrogens with zero attached hydrogens (tertiary/aromatic N) is 5. The molecular weight excluding hydrogens is 332 g/mol. The van der Waals surface area contributed by atoms with Gasteiger partial charge in [0.25, 0.3) is 5.92 Å². The molecule has 2 aromatic heterocycles. The van der Waals surface area contributed by atoms with Gasteiger partial charge in [0.15, 0.2) is 0 Å². The highest BCUT2D eigenvalue weighted by atomic mass is 32.1. The Morgan fingerprint density at radius 3 is 2.75 bits per heavy atom. The van der Waals surface area contributed by atoms with Crippen molar-refractivity contribution in [2.45, 2.75) is 25.3 Å². The number of likely N-dealkylation sites (tertiary alicyclic amines) is 1. The molecule has 5 nitrogen and oxygen atoms in total. The van der Waals surface area contributed by atoms with E-state index in [4.69, 9.17) is 0 Å². The maximum Gasteiger partial charge on any atom is 0.257 e. The van der Waals surface area contributed by atoms with Crippen LogP contribution in [0.4, 0.5) is 14.6 Å². The van der Waals surface area contributed by atoms with Gasteiger partial charge >= 0.3 is 0 Å². The minimum atomic E-state index is -2.65. The Morgan fingerprint density at radius 1 is 1.08 bits per heavy atom. The van der Waals surface area contributed by atoms with Crippen LogP contribution in [0.5, 0.6) is 0 Å². The summed E-state index contributed by atoms with van der Waals surface area (Å²) in [7, 11) is 0. The number of anilines is 1. The molecule has 0 aliphatic carbocycles. The highest BCUT2D eigenvalue weighted by Gasteiger charge is 2.59. The van der Waals surface area contributed by atoms with E-state index in [0.717, 1.165) is 5.01 Å². The third-order valence-corrected chi connectivity index (χ3v) is 5.88. The number of thiazole rings is 1. The number of aromatic nitrogens is 3. The van der Waals surface area contributed by atoms with Crippen LogP contribution in [-0.2, 0) is 6.54 Å². The normalized spacial score (nSPS) is 27.0. The van der Waals surface area contributed by atoms with E-state index in [9.17, 15) is 8.78 Å². The molecule has 0 bridgehead atoms. The zero-order valence-electron chi connectivity index (χ0n) is 13.2. The minimum Gasteiger partial charge on any atom is -0.354 e. The molecule has 8 heteroatoms. The second kappa shape index (κ2) is 6.00. The molecule has 2 aromatic rings. The maximum atomic E-state index is 14.8. The molecule has 2 fully saturated rings. The van der Waals surface area contributed by atoms with Gasteiger partial charge in [0.2, 0.25) is 0 Å². The summed E-state index contributed by atoms with van der Waals surface area (Å²) in [6, 6.07) is 0. The summed E-state index contributed by atoms with van der Waals surface area (Å²) < 4.78 is 29.6. The molecule has 1 atom stereocenters. The second-order valence-electron chi connectivity index (χ2n) is 6.61. The Labute approximate surface area is 143 Å². The predicted octanol–water partition coefficient (Wildman–Crippen LogP) is 2.67. The summed E-state index contributed by atoms with van der Waals surface area (Å²) in [4.78, 5) is 16.7. The lowest BCUT2D eigenvalue weighted by molar-refractivity contribution is -0.158. The van der Waals surface area contributed by atoms with Gasteiger partial charge in [0.1, 0.15) is 10.8 Å². The number of rotatable bonds is 3. The van der Waals surface area contributed by atoms with Gasteiger partial charge in [-0.05, 0) is 6.42 Å². The van der Waals surface area contributed by atoms with Crippen molar-refractivity contribution >= 4 is 17.2 Å². The largest absolute Gasteiger partial charge is 0.354 e. The molecule has 24 heavy (non-hydrogen) atoms. The molecule has 1 spiro atoms. The first-order chi connectivity index (χ1) is 11.6. The van der Waals surface area contributed by atoms with E-state index in [2.05, 4.69) is 19.9 Å². The highest BCUT2D eigenvalue weighted by molar-refractivity contribution is 7.09. The average Bonchev–Trinajstić information content (AvgIpc) is 3.23. The van der Waals surface area contributed by atoms with Crippen LogP contribution < -0.4 is 4.90 Å². The van der Waals surface area contributed by atoms with Crippen molar-refractivity contribution in [3.8, 4) is 0 Å². The quantitative estimate of drug-likeness (QED) is 0.851. The lowest BCUT2D eigenvalue weighted by atomic mass is 9.75. The first-order valence-corrected chi connectivity index (χ1v) is 8.96. The Kier molecular flexibility index (Phi) is 3.96. The molecule has 0 aromatic carbocycles. The maximum absolute atomic E-state index is 14.8. The fourth-order valence-electron chi connectivity index (χ4n) is 3.79. The fraction of sp³-hybridized carbons (Fsp3) is 0.562. The summed E-state index contributed by atoms with van der Waals surface area (Å²) in [5.74, 6) is -1.97. The van der Waals surface area contributed by atoms with Crippen molar-refractivity contribution in [3.05, 3.63) is 35.2 Å². The van der Waals surface area contributed by atoms with Crippen molar-refractivity contribution in [3.63, 3.8) is 0 Å².